The second-order valence-electron chi connectivity index (χ2n) is 4.84. The van der Waals surface area contributed by atoms with Gasteiger partial charge in [0.2, 0.25) is 0 Å². The molecule has 0 atom stereocenters. The molecule has 0 aliphatic rings. The number of rotatable bonds is 5. The molecule has 1 heterocycles. The highest BCUT2D eigenvalue weighted by molar-refractivity contribution is 7.99. The van der Waals surface area contributed by atoms with Gasteiger partial charge in [-0.1, -0.05) is 35.3 Å². The van der Waals surface area contributed by atoms with Gasteiger partial charge >= 0.3 is 5.97 Å². The Balaban J connectivity index is 1.53. The van der Waals surface area contributed by atoms with Crippen molar-refractivity contribution in [2.45, 2.75) is 5.03 Å². The van der Waals surface area contributed by atoms with E-state index in [1.807, 2.05) is 24.3 Å². The maximum Gasteiger partial charge on any atom is 0.338 e. The number of carbonyl (C=O) groups is 1. The standard InChI is InChI=1S/C17H12Cl2N2O2S/c18-12-7-11(8-13(19)9-12)17(22)23-5-6-24-16-10-20-14-3-1-2-4-15(14)21-16/h1-4,7-10H,5-6H2. The van der Waals surface area contributed by atoms with Crippen LogP contribution in [0.4, 0.5) is 0 Å². The minimum Gasteiger partial charge on any atom is -0.461 e. The van der Waals surface area contributed by atoms with Crippen molar-refractivity contribution in [2.24, 2.45) is 0 Å². The quantitative estimate of drug-likeness (QED) is 0.359. The van der Waals surface area contributed by atoms with Gasteiger partial charge in [0.15, 0.2) is 0 Å². The van der Waals surface area contributed by atoms with E-state index in [4.69, 9.17) is 27.9 Å². The molecule has 0 aliphatic heterocycles. The van der Waals surface area contributed by atoms with Crippen molar-refractivity contribution in [1.29, 1.82) is 0 Å². The highest BCUT2D eigenvalue weighted by Gasteiger charge is 2.09. The van der Waals surface area contributed by atoms with Crippen molar-refractivity contribution in [2.75, 3.05) is 12.4 Å². The van der Waals surface area contributed by atoms with Gasteiger partial charge in [-0.25, -0.2) is 9.78 Å². The minimum atomic E-state index is -0.454. The van der Waals surface area contributed by atoms with Crippen molar-refractivity contribution >= 4 is 52.0 Å². The molecule has 0 aliphatic carbocycles. The first-order chi connectivity index (χ1) is 11.6. The molecule has 0 fully saturated rings. The summed E-state index contributed by atoms with van der Waals surface area (Å²) in [6, 6.07) is 12.3. The SMILES string of the molecule is O=C(OCCSc1cnc2ccccc2n1)c1cc(Cl)cc(Cl)c1. The third kappa shape index (κ3) is 4.38. The van der Waals surface area contributed by atoms with Crippen molar-refractivity contribution in [3.8, 4) is 0 Å². The van der Waals surface area contributed by atoms with Gasteiger partial charge < -0.3 is 4.74 Å². The molecule has 0 amide bonds. The van der Waals surface area contributed by atoms with E-state index < -0.39 is 5.97 Å². The van der Waals surface area contributed by atoms with E-state index in [-0.39, 0.29) is 6.61 Å². The number of thioether (sulfide) groups is 1. The van der Waals surface area contributed by atoms with Gasteiger partial charge in [-0.3, -0.25) is 4.98 Å². The predicted molar refractivity (Wildman–Crippen MR) is 97.0 cm³/mol. The van der Waals surface area contributed by atoms with E-state index in [0.717, 1.165) is 16.1 Å². The molecule has 3 aromatic rings. The Morgan fingerprint density at radius 3 is 2.54 bits per heavy atom. The molecule has 0 N–H and O–H groups in total. The summed E-state index contributed by atoms with van der Waals surface area (Å²) in [5, 5.41) is 1.58. The summed E-state index contributed by atoms with van der Waals surface area (Å²) >= 11 is 13.2. The van der Waals surface area contributed by atoms with Gasteiger partial charge in [0.1, 0.15) is 11.6 Å². The monoisotopic (exact) mass is 378 g/mol. The zero-order valence-electron chi connectivity index (χ0n) is 12.4. The Morgan fingerprint density at radius 2 is 1.79 bits per heavy atom. The Morgan fingerprint density at radius 1 is 1.08 bits per heavy atom. The molecule has 0 saturated carbocycles. The zero-order valence-corrected chi connectivity index (χ0v) is 14.7. The van der Waals surface area contributed by atoms with E-state index in [1.54, 1.807) is 12.3 Å². The molecule has 24 heavy (non-hydrogen) atoms. The highest BCUT2D eigenvalue weighted by atomic mass is 35.5. The Bertz CT molecular complexity index is 869. The molecule has 3 rings (SSSR count). The number of hydrogen-bond acceptors (Lipinski definition) is 5. The molecular formula is C17H12Cl2N2O2S. The average Bonchev–Trinajstić information content (AvgIpc) is 2.57. The molecule has 0 radical (unpaired) electrons. The van der Waals surface area contributed by atoms with Crippen LogP contribution in [0, 0.1) is 0 Å². The molecule has 2 aromatic carbocycles. The van der Waals surface area contributed by atoms with Crippen LogP contribution in [0.15, 0.2) is 53.7 Å². The number of benzene rings is 2. The summed E-state index contributed by atoms with van der Waals surface area (Å²) in [5.41, 5.74) is 2.03. The third-order valence-electron chi connectivity index (χ3n) is 3.09. The van der Waals surface area contributed by atoms with E-state index in [2.05, 4.69) is 9.97 Å². The van der Waals surface area contributed by atoms with Gasteiger partial charge in [0.05, 0.1) is 22.8 Å². The fraction of sp³-hybridized carbons (Fsp3) is 0.118. The first-order valence-corrected chi connectivity index (χ1v) is 8.84. The molecular weight excluding hydrogens is 367 g/mol. The maximum absolute atomic E-state index is 12.0. The van der Waals surface area contributed by atoms with Crippen LogP contribution in [0.1, 0.15) is 10.4 Å². The lowest BCUT2D eigenvalue weighted by Crippen LogP contribution is -2.08. The van der Waals surface area contributed by atoms with Crippen LogP contribution in [0.3, 0.4) is 0 Å². The Labute approximate surface area is 153 Å². The van der Waals surface area contributed by atoms with Crippen LogP contribution in [0.2, 0.25) is 10.0 Å². The van der Waals surface area contributed by atoms with E-state index >= 15 is 0 Å². The molecule has 7 heteroatoms. The lowest BCUT2D eigenvalue weighted by Gasteiger charge is -2.06. The minimum absolute atomic E-state index is 0.252. The van der Waals surface area contributed by atoms with Gasteiger partial charge in [-0.2, -0.15) is 0 Å². The number of ether oxygens (including phenoxy) is 1. The fourth-order valence-electron chi connectivity index (χ4n) is 2.05. The Hall–Kier alpha value is -1.82. The second-order valence-corrected chi connectivity index (χ2v) is 6.83. The second kappa shape index (κ2) is 7.83. The van der Waals surface area contributed by atoms with Crippen molar-refractivity contribution in [3.63, 3.8) is 0 Å². The predicted octanol–water partition coefficient (Wildman–Crippen LogP) is 4.89. The first kappa shape index (κ1) is 17.0. The van der Waals surface area contributed by atoms with Crippen molar-refractivity contribution in [3.05, 3.63) is 64.3 Å². The van der Waals surface area contributed by atoms with Crippen LogP contribution in [-0.4, -0.2) is 28.3 Å². The third-order valence-corrected chi connectivity index (χ3v) is 4.39. The van der Waals surface area contributed by atoms with Crippen LogP contribution < -0.4 is 0 Å². The summed E-state index contributed by atoms with van der Waals surface area (Å²) in [6.07, 6.45) is 1.71. The molecule has 0 bridgehead atoms. The van der Waals surface area contributed by atoms with E-state index in [9.17, 15) is 4.79 Å². The highest BCUT2D eigenvalue weighted by Crippen LogP contribution is 2.20. The number of para-hydroxylation sites is 2. The van der Waals surface area contributed by atoms with E-state index in [0.29, 0.717) is 21.4 Å². The summed E-state index contributed by atoms with van der Waals surface area (Å²) in [5.74, 6) is 0.122. The molecule has 0 saturated heterocycles. The molecule has 122 valence electrons. The lowest BCUT2D eigenvalue weighted by molar-refractivity contribution is 0.0530. The molecule has 0 unspecified atom stereocenters. The smallest absolute Gasteiger partial charge is 0.338 e. The molecule has 1 aromatic heterocycles. The van der Waals surface area contributed by atoms with Crippen molar-refractivity contribution in [1.82, 2.24) is 9.97 Å². The molecule has 4 nitrogen and oxygen atoms in total. The number of carbonyl (C=O) groups excluding carboxylic acids is 1. The number of hydrogen-bond donors (Lipinski definition) is 0. The summed E-state index contributed by atoms with van der Waals surface area (Å²) in [7, 11) is 0. The number of esters is 1. The summed E-state index contributed by atoms with van der Waals surface area (Å²) < 4.78 is 5.22. The average molecular weight is 379 g/mol. The van der Waals surface area contributed by atoms with Crippen LogP contribution >= 0.6 is 35.0 Å². The molecule has 0 spiro atoms. The van der Waals surface area contributed by atoms with Crippen LogP contribution in [0.5, 0.6) is 0 Å². The van der Waals surface area contributed by atoms with Crippen LogP contribution in [0.25, 0.3) is 11.0 Å². The van der Waals surface area contributed by atoms with Gasteiger partial charge in [0, 0.05) is 15.8 Å². The van der Waals surface area contributed by atoms with Crippen LogP contribution in [-0.2, 0) is 4.74 Å². The number of aromatic nitrogens is 2. The lowest BCUT2D eigenvalue weighted by atomic mass is 10.2. The van der Waals surface area contributed by atoms with Gasteiger partial charge in [-0.05, 0) is 30.3 Å². The zero-order chi connectivity index (χ0) is 16.9. The number of nitrogens with zero attached hydrogens (tertiary/aromatic N) is 2. The summed E-state index contributed by atoms with van der Waals surface area (Å²) in [6.45, 7) is 0.252. The number of halogens is 2. The summed E-state index contributed by atoms with van der Waals surface area (Å²) in [4.78, 5) is 20.8. The fourth-order valence-corrected chi connectivity index (χ4v) is 3.24. The topological polar surface area (TPSA) is 52.1 Å². The van der Waals surface area contributed by atoms with E-state index in [1.165, 1.54) is 23.9 Å². The number of fused-ring (bicyclic) bond motifs is 1. The van der Waals surface area contributed by atoms with Crippen molar-refractivity contribution < 1.29 is 9.53 Å². The van der Waals surface area contributed by atoms with Gasteiger partial charge in [-0.15, -0.1) is 11.8 Å². The normalized spacial score (nSPS) is 10.8. The van der Waals surface area contributed by atoms with Gasteiger partial charge in [0.25, 0.3) is 0 Å². The first-order valence-electron chi connectivity index (χ1n) is 7.09. The largest absolute Gasteiger partial charge is 0.461 e. The maximum atomic E-state index is 12.0. The Kier molecular flexibility index (Phi) is 5.56.